The minimum atomic E-state index is -0.355. The molecule has 1 fully saturated rings. The summed E-state index contributed by atoms with van der Waals surface area (Å²) in [5.74, 6) is 0.941. The van der Waals surface area contributed by atoms with E-state index in [4.69, 9.17) is 5.73 Å². The average Bonchev–Trinajstić information content (AvgIpc) is 2.68. The molecule has 1 aliphatic rings. The van der Waals surface area contributed by atoms with Crippen LogP contribution in [0, 0.1) is 0 Å². The monoisotopic (exact) mass is 239 g/mol. The molecule has 2 atom stereocenters. The molecule has 1 heterocycles. The Morgan fingerprint density at radius 2 is 2.24 bits per heavy atom. The van der Waals surface area contributed by atoms with Gasteiger partial charge in [0.2, 0.25) is 11.9 Å². The van der Waals surface area contributed by atoms with Crippen molar-refractivity contribution in [2.24, 2.45) is 0 Å². The summed E-state index contributed by atoms with van der Waals surface area (Å²) < 4.78 is 1.67. The SMILES string of the molecule is CCCNc1nc(N)n(C2CCCCC2O)n1. The molecule has 0 saturated heterocycles. The summed E-state index contributed by atoms with van der Waals surface area (Å²) in [5, 5.41) is 17.4. The van der Waals surface area contributed by atoms with Crippen LogP contribution in [-0.2, 0) is 0 Å². The number of hydrogen-bond donors (Lipinski definition) is 3. The molecule has 96 valence electrons. The summed E-state index contributed by atoms with van der Waals surface area (Å²) in [6.45, 7) is 2.91. The summed E-state index contributed by atoms with van der Waals surface area (Å²) >= 11 is 0. The lowest BCUT2D eigenvalue weighted by Gasteiger charge is -2.27. The summed E-state index contributed by atoms with van der Waals surface area (Å²) in [6.07, 6.45) is 4.59. The predicted molar refractivity (Wildman–Crippen MR) is 66.7 cm³/mol. The van der Waals surface area contributed by atoms with Crippen molar-refractivity contribution >= 4 is 11.9 Å². The van der Waals surface area contributed by atoms with Crippen LogP contribution in [0.4, 0.5) is 11.9 Å². The smallest absolute Gasteiger partial charge is 0.243 e. The largest absolute Gasteiger partial charge is 0.391 e. The van der Waals surface area contributed by atoms with E-state index in [0.29, 0.717) is 11.9 Å². The molecule has 2 rings (SSSR count). The van der Waals surface area contributed by atoms with E-state index >= 15 is 0 Å². The van der Waals surface area contributed by atoms with E-state index in [9.17, 15) is 5.11 Å². The first-order valence-corrected chi connectivity index (χ1v) is 6.36. The fraction of sp³-hybridized carbons (Fsp3) is 0.818. The van der Waals surface area contributed by atoms with Crippen LogP contribution >= 0.6 is 0 Å². The fourth-order valence-electron chi connectivity index (χ4n) is 2.27. The maximum absolute atomic E-state index is 9.97. The van der Waals surface area contributed by atoms with Gasteiger partial charge in [0, 0.05) is 6.54 Å². The molecular weight excluding hydrogens is 218 g/mol. The van der Waals surface area contributed by atoms with Gasteiger partial charge >= 0.3 is 0 Å². The molecule has 2 unspecified atom stereocenters. The number of anilines is 2. The van der Waals surface area contributed by atoms with Crippen molar-refractivity contribution in [3.05, 3.63) is 0 Å². The van der Waals surface area contributed by atoms with Gasteiger partial charge in [-0.1, -0.05) is 19.8 Å². The molecule has 0 aromatic carbocycles. The molecule has 17 heavy (non-hydrogen) atoms. The summed E-state index contributed by atoms with van der Waals surface area (Å²) in [4.78, 5) is 4.17. The number of nitrogens with zero attached hydrogens (tertiary/aromatic N) is 3. The van der Waals surface area contributed by atoms with E-state index in [1.807, 2.05) is 0 Å². The Bertz CT molecular complexity index is 365. The number of nitrogens with one attached hydrogen (secondary N) is 1. The van der Waals surface area contributed by atoms with E-state index in [1.165, 1.54) is 0 Å². The van der Waals surface area contributed by atoms with E-state index < -0.39 is 0 Å². The highest BCUT2D eigenvalue weighted by Gasteiger charge is 2.27. The van der Waals surface area contributed by atoms with Crippen LogP contribution in [0.5, 0.6) is 0 Å². The van der Waals surface area contributed by atoms with E-state index in [2.05, 4.69) is 22.3 Å². The van der Waals surface area contributed by atoms with Gasteiger partial charge in [-0.25, -0.2) is 4.68 Å². The van der Waals surface area contributed by atoms with Crippen LogP contribution in [-0.4, -0.2) is 32.5 Å². The van der Waals surface area contributed by atoms with Crippen LogP contribution < -0.4 is 11.1 Å². The quantitative estimate of drug-likeness (QED) is 0.733. The van der Waals surface area contributed by atoms with Gasteiger partial charge in [0.05, 0.1) is 12.1 Å². The molecule has 0 bridgehead atoms. The lowest BCUT2D eigenvalue weighted by Crippen LogP contribution is -2.29. The van der Waals surface area contributed by atoms with Crippen LogP contribution in [0.25, 0.3) is 0 Å². The highest BCUT2D eigenvalue weighted by Crippen LogP contribution is 2.29. The maximum atomic E-state index is 9.97. The van der Waals surface area contributed by atoms with Crippen molar-refractivity contribution < 1.29 is 5.11 Å². The zero-order valence-electron chi connectivity index (χ0n) is 10.3. The van der Waals surface area contributed by atoms with Gasteiger partial charge in [-0.3, -0.25) is 0 Å². The van der Waals surface area contributed by atoms with Crippen molar-refractivity contribution in [2.75, 3.05) is 17.6 Å². The molecule has 0 aliphatic heterocycles. The Labute approximate surface area is 101 Å². The molecule has 4 N–H and O–H groups in total. The molecule has 6 nitrogen and oxygen atoms in total. The maximum Gasteiger partial charge on any atom is 0.243 e. The van der Waals surface area contributed by atoms with Crippen LogP contribution in [0.15, 0.2) is 0 Å². The van der Waals surface area contributed by atoms with Gasteiger partial charge < -0.3 is 16.2 Å². The third-order valence-electron chi connectivity index (χ3n) is 3.20. The second-order valence-corrected chi connectivity index (χ2v) is 4.58. The van der Waals surface area contributed by atoms with E-state index in [0.717, 1.165) is 38.6 Å². The van der Waals surface area contributed by atoms with Crippen molar-refractivity contribution in [3.8, 4) is 0 Å². The normalized spacial score (nSPS) is 24.8. The zero-order chi connectivity index (χ0) is 12.3. The van der Waals surface area contributed by atoms with Gasteiger partial charge in [-0.2, -0.15) is 4.98 Å². The molecule has 0 radical (unpaired) electrons. The van der Waals surface area contributed by atoms with Crippen molar-refractivity contribution in [1.82, 2.24) is 14.8 Å². The Morgan fingerprint density at radius 1 is 1.47 bits per heavy atom. The van der Waals surface area contributed by atoms with Gasteiger partial charge in [0.15, 0.2) is 0 Å². The van der Waals surface area contributed by atoms with Crippen LogP contribution in [0.3, 0.4) is 0 Å². The molecule has 1 aromatic heterocycles. The third-order valence-corrected chi connectivity index (χ3v) is 3.20. The Kier molecular flexibility index (Phi) is 3.83. The Hall–Kier alpha value is -1.30. The van der Waals surface area contributed by atoms with E-state index in [-0.39, 0.29) is 12.1 Å². The number of nitrogens with two attached hydrogens (primary N) is 1. The molecule has 0 amide bonds. The van der Waals surface area contributed by atoms with Crippen LogP contribution in [0.2, 0.25) is 0 Å². The lowest BCUT2D eigenvalue weighted by molar-refractivity contribution is 0.0706. The summed E-state index contributed by atoms with van der Waals surface area (Å²) in [6, 6.07) is -0.0200. The fourth-order valence-corrected chi connectivity index (χ4v) is 2.27. The first-order chi connectivity index (χ1) is 8.22. The highest BCUT2D eigenvalue weighted by molar-refractivity contribution is 5.31. The molecule has 1 saturated carbocycles. The summed E-state index contributed by atoms with van der Waals surface area (Å²) in [5.41, 5.74) is 5.84. The molecule has 6 heteroatoms. The lowest BCUT2D eigenvalue weighted by atomic mass is 9.93. The van der Waals surface area contributed by atoms with Gasteiger partial charge in [-0.05, 0) is 19.3 Å². The second-order valence-electron chi connectivity index (χ2n) is 4.58. The Morgan fingerprint density at radius 3 is 2.94 bits per heavy atom. The van der Waals surface area contributed by atoms with Gasteiger partial charge in [0.1, 0.15) is 0 Å². The zero-order valence-corrected chi connectivity index (χ0v) is 10.3. The molecule has 1 aliphatic carbocycles. The second kappa shape index (κ2) is 5.35. The third kappa shape index (κ3) is 2.69. The molecular formula is C11H21N5O. The first-order valence-electron chi connectivity index (χ1n) is 6.36. The standard InChI is InChI=1S/C11H21N5O/c1-2-7-13-11-14-10(12)16(15-11)8-5-3-4-6-9(8)17/h8-9,17H,2-7H2,1H3,(H3,12,13,14,15). The number of nitrogen functional groups attached to an aromatic ring is 1. The highest BCUT2D eigenvalue weighted by atomic mass is 16.3. The van der Waals surface area contributed by atoms with Crippen LogP contribution in [0.1, 0.15) is 45.1 Å². The number of rotatable bonds is 4. The van der Waals surface area contributed by atoms with Gasteiger partial charge in [-0.15, -0.1) is 5.10 Å². The Balaban J connectivity index is 2.11. The molecule has 1 aromatic rings. The topological polar surface area (TPSA) is 89.0 Å². The number of hydrogen-bond acceptors (Lipinski definition) is 5. The number of aromatic nitrogens is 3. The van der Waals surface area contributed by atoms with Gasteiger partial charge in [0.25, 0.3) is 0 Å². The minimum absolute atomic E-state index is 0.0200. The summed E-state index contributed by atoms with van der Waals surface area (Å²) in [7, 11) is 0. The average molecular weight is 239 g/mol. The minimum Gasteiger partial charge on any atom is -0.391 e. The first kappa shape index (κ1) is 12.2. The van der Waals surface area contributed by atoms with E-state index in [1.54, 1.807) is 4.68 Å². The van der Waals surface area contributed by atoms with Crippen molar-refractivity contribution in [1.29, 1.82) is 0 Å². The van der Waals surface area contributed by atoms with Crippen molar-refractivity contribution in [3.63, 3.8) is 0 Å². The number of aliphatic hydroxyl groups is 1. The molecule has 0 spiro atoms. The number of aliphatic hydroxyl groups excluding tert-OH is 1. The predicted octanol–water partition coefficient (Wildman–Crippen LogP) is 1.16. The van der Waals surface area contributed by atoms with Crippen molar-refractivity contribution in [2.45, 2.75) is 51.2 Å².